The number of pyridine rings is 1. The van der Waals surface area contributed by atoms with Gasteiger partial charge in [-0.05, 0) is 18.9 Å². The van der Waals surface area contributed by atoms with Crippen molar-refractivity contribution in [2.75, 3.05) is 11.4 Å². The highest BCUT2D eigenvalue weighted by molar-refractivity contribution is 6.00. The van der Waals surface area contributed by atoms with Crippen LogP contribution < -0.4 is 15.0 Å². The van der Waals surface area contributed by atoms with Crippen LogP contribution in [-0.2, 0) is 0 Å². The van der Waals surface area contributed by atoms with Gasteiger partial charge in [0.05, 0.1) is 24.6 Å². The van der Waals surface area contributed by atoms with Crippen LogP contribution >= 0.6 is 0 Å². The van der Waals surface area contributed by atoms with Gasteiger partial charge >= 0.3 is 0 Å². The highest BCUT2D eigenvalue weighted by Gasteiger charge is 2.37. The van der Waals surface area contributed by atoms with Crippen LogP contribution in [0.25, 0.3) is 5.65 Å². The molecular weight excluding hydrogens is 394 g/mol. The summed E-state index contributed by atoms with van der Waals surface area (Å²) >= 11 is 0. The number of aromatic nitrogens is 4. The summed E-state index contributed by atoms with van der Waals surface area (Å²) in [5, 5.41) is 7.03. The van der Waals surface area contributed by atoms with Gasteiger partial charge in [0, 0.05) is 31.0 Å². The van der Waals surface area contributed by atoms with Crippen LogP contribution in [0.3, 0.4) is 0 Å². The van der Waals surface area contributed by atoms with E-state index in [4.69, 9.17) is 4.74 Å². The maximum atomic E-state index is 15.0. The number of amides is 1. The molecule has 4 aliphatic rings. The van der Waals surface area contributed by atoms with Crippen LogP contribution in [0.5, 0.6) is 5.88 Å². The Balaban J connectivity index is 1.55. The molecule has 0 aromatic carbocycles. The van der Waals surface area contributed by atoms with Crippen molar-refractivity contribution in [2.45, 2.75) is 43.9 Å². The van der Waals surface area contributed by atoms with Crippen molar-refractivity contribution in [1.29, 1.82) is 0 Å². The van der Waals surface area contributed by atoms with Gasteiger partial charge in [0.15, 0.2) is 17.3 Å². The van der Waals surface area contributed by atoms with Crippen LogP contribution in [-0.4, -0.2) is 44.2 Å². The lowest BCUT2D eigenvalue weighted by molar-refractivity contribution is 0.0670. The molecule has 1 amide bonds. The number of hydrogen-bond acceptors (Lipinski definition) is 6. The molecule has 30 heavy (non-hydrogen) atoms. The Labute approximate surface area is 169 Å². The minimum absolute atomic E-state index is 0.0489. The fraction of sp³-hybridized carbons (Fsp3) is 0.400. The molecule has 1 aliphatic carbocycles. The van der Waals surface area contributed by atoms with E-state index in [0.717, 1.165) is 12.6 Å². The minimum Gasteiger partial charge on any atom is -0.474 e. The van der Waals surface area contributed by atoms with Gasteiger partial charge in [-0.2, -0.15) is 5.10 Å². The number of fused-ring (bicyclic) bond motifs is 1. The topological polar surface area (TPSA) is 84.6 Å². The first kappa shape index (κ1) is 17.5. The highest BCUT2D eigenvalue weighted by atomic mass is 19.1. The first-order chi connectivity index (χ1) is 14.6. The third-order valence-corrected chi connectivity index (χ3v) is 6.11. The molecule has 0 radical (unpaired) electrons. The summed E-state index contributed by atoms with van der Waals surface area (Å²) < 4.78 is 36.4. The van der Waals surface area contributed by atoms with Gasteiger partial charge < -0.3 is 15.0 Å². The maximum absolute atomic E-state index is 15.0. The molecular formula is C20H18F2N6O2. The van der Waals surface area contributed by atoms with Crippen molar-refractivity contribution in [3.63, 3.8) is 0 Å². The van der Waals surface area contributed by atoms with Crippen LogP contribution in [0.15, 0.2) is 24.7 Å². The monoisotopic (exact) mass is 412 g/mol. The Morgan fingerprint density at radius 2 is 2.10 bits per heavy atom. The molecule has 1 saturated carbocycles. The van der Waals surface area contributed by atoms with Gasteiger partial charge in [0.2, 0.25) is 5.88 Å². The number of carbonyl (C=O) groups excluding carboxylic acids is 1. The number of halogens is 2. The third kappa shape index (κ3) is 2.62. The van der Waals surface area contributed by atoms with Gasteiger partial charge in [-0.25, -0.2) is 23.3 Å². The summed E-state index contributed by atoms with van der Waals surface area (Å²) in [5.74, 6) is -0.866. The normalized spacial score (nSPS) is 25.2. The zero-order chi connectivity index (χ0) is 20.4. The van der Waals surface area contributed by atoms with Crippen molar-refractivity contribution in [1.82, 2.24) is 24.9 Å². The van der Waals surface area contributed by atoms with Crippen molar-refractivity contribution >= 4 is 17.4 Å². The molecule has 8 nitrogen and oxygen atoms in total. The average Bonchev–Trinajstić information content (AvgIpc) is 3.32. The lowest BCUT2D eigenvalue weighted by Gasteiger charge is -2.36. The van der Waals surface area contributed by atoms with Crippen LogP contribution in [0.1, 0.15) is 47.6 Å². The van der Waals surface area contributed by atoms with Crippen molar-refractivity contribution in [3.8, 4) is 5.88 Å². The molecule has 3 aromatic rings. The van der Waals surface area contributed by atoms with E-state index in [1.807, 2.05) is 0 Å². The van der Waals surface area contributed by atoms with Crippen molar-refractivity contribution in [2.24, 2.45) is 0 Å². The first-order valence-corrected chi connectivity index (χ1v) is 10.0. The van der Waals surface area contributed by atoms with E-state index in [1.165, 1.54) is 23.0 Å². The van der Waals surface area contributed by atoms with E-state index in [0.29, 0.717) is 42.8 Å². The molecule has 0 unspecified atom stereocenters. The quantitative estimate of drug-likeness (QED) is 0.611. The summed E-state index contributed by atoms with van der Waals surface area (Å²) in [7, 11) is 0. The molecule has 154 valence electrons. The number of carbonyl (C=O) groups is 1. The van der Waals surface area contributed by atoms with E-state index < -0.39 is 11.6 Å². The Morgan fingerprint density at radius 3 is 2.97 bits per heavy atom. The lowest BCUT2D eigenvalue weighted by Crippen LogP contribution is -2.49. The number of nitrogens with one attached hydrogen (secondary N) is 1. The zero-order valence-corrected chi connectivity index (χ0v) is 15.9. The SMILES string of the molecule is O=C1NC2CC(C2)Oc2ncc(F)cc2[C@H]2CCCN2c2nc3c1cnn3cc2F. The summed E-state index contributed by atoms with van der Waals surface area (Å²) in [5.41, 5.74) is 1.17. The van der Waals surface area contributed by atoms with Crippen molar-refractivity contribution < 1.29 is 18.3 Å². The predicted octanol–water partition coefficient (Wildman–Crippen LogP) is 2.40. The second kappa shape index (κ2) is 6.35. The molecule has 3 aromatic heterocycles. The number of hydrogen-bond donors (Lipinski definition) is 1. The summed E-state index contributed by atoms with van der Waals surface area (Å²) in [6, 6.07) is 1.04. The third-order valence-electron chi connectivity index (χ3n) is 6.11. The zero-order valence-electron chi connectivity index (χ0n) is 15.9. The fourth-order valence-electron chi connectivity index (χ4n) is 4.57. The minimum atomic E-state index is -0.564. The van der Waals surface area contributed by atoms with Crippen LogP contribution in [0, 0.1) is 11.6 Å². The lowest BCUT2D eigenvalue weighted by atomic mass is 9.89. The number of anilines is 1. The molecule has 1 saturated heterocycles. The molecule has 2 fully saturated rings. The standard InChI is InChI=1S/C20H18F2N6O2/c21-10-4-13-16-2-1-3-27(16)18-15(22)9-28-17(26-18)14(8-24-28)19(29)25-11-5-12(6-11)30-20(13)23-7-10/h4,7-9,11-12,16H,1-3,5-6H2,(H,25,29)/t11?,12?,16-/m1/s1. The summed E-state index contributed by atoms with van der Waals surface area (Å²) in [6.45, 7) is 0.544. The predicted molar refractivity (Wildman–Crippen MR) is 101 cm³/mol. The molecule has 6 heterocycles. The molecule has 7 rings (SSSR count). The maximum Gasteiger partial charge on any atom is 0.256 e. The van der Waals surface area contributed by atoms with Gasteiger partial charge in [-0.3, -0.25) is 4.79 Å². The summed E-state index contributed by atoms with van der Waals surface area (Å²) in [4.78, 5) is 23.2. The van der Waals surface area contributed by atoms with Gasteiger partial charge in [0.25, 0.3) is 5.91 Å². The number of ether oxygens (including phenoxy) is 1. The molecule has 1 atom stereocenters. The number of nitrogens with zero attached hydrogens (tertiary/aromatic N) is 5. The smallest absolute Gasteiger partial charge is 0.256 e. The van der Waals surface area contributed by atoms with E-state index in [2.05, 4.69) is 20.4 Å². The van der Waals surface area contributed by atoms with Gasteiger partial charge in [-0.15, -0.1) is 0 Å². The van der Waals surface area contributed by atoms with E-state index in [-0.39, 0.29) is 35.6 Å². The first-order valence-electron chi connectivity index (χ1n) is 10.0. The molecule has 1 N–H and O–H groups in total. The number of rotatable bonds is 0. The van der Waals surface area contributed by atoms with E-state index in [1.54, 1.807) is 4.90 Å². The Morgan fingerprint density at radius 1 is 1.23 bits per heavy atom. The van der Waals surface area contributed by atoms with Gasteiger partial charge in [0.1, 0.15) is 17.5 Å². The molecule has 3 aliphatic heterocycles. The largest absolute Gasteiger partial charge is 0.474 e. The second-order valence-corrected chi connectivity index (χ2v) is 8.02. The second-order valence-electron chi connectivity index (χ2n) is 8.02. The van der Waals surface area contributed by atoms with E-state index >= 15 is 0 Å². The molecule has 0 spiro atoms. The van der Waals surface area contributed by atoms with Gasteiger partial charge in [-0.1, -0.05) is 0 Å². The van der Waals surface area contributed by atoms with Crippen molar-refractivity contribution in [3.05, 3.63) is 47.4 Å². The van der Waals surface area contributed by atoms with Crippen LogP contribution in [0.2, 0.25) is 0 Å². The van der Waals surface area contributed by atoms with E-state index in [9.17, 15) is 13.6 Å². The summed E-state index contributed by atoms with van der Waals surface area (Å²) in [6.07, 6.45) is 6.35. The molecule has 4 bridgehead atoms. The molecule has 10 heteroatoms. The highest BCUT2D eigenvalue weighted by Crippen LogP contribution is 2.41. The average molecular weight is 412 g/mol. The van der Waals surface area contributed by atoms with Crippen LogP contribution in [0.4, 0.5) is 14.6 Å². The fourth-order valence-corrected chi connectivity index (χ4v) is 4.57. The Hall–Kier alpha value is -3.30. The Bertz CT molecular complexity index is 1180. The Kier molecular flexibility index (Phi) is 3.71.